The first kappa shape index (κ1) is 35.7. The van der Waals surface area contributed by atoms with Gasteiger partial charge < -0.3 is 51.3 Å². The Bertz CT molecular complexity index is 2140. The van der Waals surface area contributed by atoms with E-state index in [1.165, 1.54) is 36.4 Å². The van der Waals surface area contributed by atoms with E-state index in [9.17, 15) is 14.4 Å². The molecule has 4 amide bonds. The van der Waals surface area contributed by atoms with E-state index in [2.05, 4.69) is 41.2 Å². The number of hydrogen-bond donors (Lipinski definition) is 10. The lowest BCUT2D eigenvalue weighted by atomic mass is 9.92. The lowest BCUT2D eigenvalue weighted by Crippen LogP contribution is -2.35. The van der Waals surface area contributed by atoms with E-state index in [0.717, 1.165) is 0 Å². The maximum atomic E-state index is 15.1. The summed E-state index contributed by atoms with van der Waals surface area (Å²) in [6, 6.07) is 17.4. The zero-order valence-electron chi connectivity index (χ0n) is 27.1. The molecule has 0 unspecified atom stereocenters. The van der Waals surface area contributed by atoms with Crippen molar-refractivity contribution in [3.8, 4) is 22.8 Å². The molecule has 4 aromatic carbocycles. The van der Waals surface area contributed by atoms with Crippen LogP contribution >= 0.6 is 0 Å². The molecule has 2 aromatic heterocycles. The second-order valence-electron chi connectivity index (χ2n) is 11.8. The summed E-state index contributed by atoms with van der Waals surface area (Å²) in [6.45, 7) is 0. The molecular weight excluding hydrogens is 680 g/mol. The van der Waals surface area contributed by atoms with E-state index in [0.29, 0.717) is 56.0 Å². The van der Waals surface area contributed by atoms with E-state index >= 15 is 8.78 Å². The van der Waals surface area contributed by atoms with Crippen LogP contribution in [0.3, 0.4) is 0 Å². The van der Waals surface area contributed by atoms with Crippen molar-refractivity contribution < 1.29 is 43.3 Å². The lowest BCUT2D eigenvalue weighted by molar-refractivity contribution is -0.121. The van der Waals surface area contributed by atoms with Crippen LogP contribution in [0.5, 0.6) is 0 Å². The van der Waals surface area contributed by atoms with Gasteiger partial charge in [0, 0.05) is 11.1 Å². The maximum absolute atomic E-state index is 15.1. The molecule has 0 aliphatic carbocycles. The fourth-order valence-electron chi connectivity index (χ4n) is 5.32. The number of aromatic amines is 2. The quantitative estimate of drug-likeness (QED) is 0.0836. The number of amides is 4. The van der Waals surface area contributed by atoms with E-state index in [-0.39, 0.29) is 37.1 Å². The van der Waals surface area contributed by atoms with Crippen molar-refractivity contribution in [2.75, 3.05) is 23.5 Å². The van der Waals surface area contributed by atoms with Crippen molar-refractivity contribution in [1.82, 2.24) is 30.6 Å². The normalized spacial score (nSPS) is 11.0. The average Bonchev–Trinajstić information content (AvgIpc) is 3.72. The summed E-state index contributed by atoms with van der Waals surface area (Å²) >= 11 is 0. The SMILES string of the molecule is O=C(Cc1ccc2nc(-c3ccc(NC(=O)Nc4ccc(-c5nc6ccc(CC(=O)NCB(O)O)cc6[nH]5)cc4F)c(F)c3)[nH]c2c1)NCB(O)O. The summed E-state index contributed by atoms with van der Waals surface area (Å²) in [7, 11) is -3.31. The predicted octanol–water partition coefficient (Wildman–Crippen LogP) is 2.04. The molecule has 6 aromatic rings. The average molecular weight is 710 g/mol. The van der Waals surface area contributed by atoms with Crippen LogP contribution < -0.4 is 21.3 Å². The molecule has 15 nitrogen and oxygen atoms in total. The molecule has 2 heterocycles. The number of hydrogen-bond acceptors (Lipinski definition) is 9. The Morgan fingerprint density at radius 2 is 1.04 bits per heavy atom. The summed E-state index contributed by atoms with van der Waals surface area (Å²) < 4.78 is 30.2. The molecule has 6 rings (SSSR count). The van der Waals surface area contributed by atoms with Crippen LogP contribution in [0.1, 0.15) is 11.1 Å². The molecule has 0 bridgehead atoms. The van der Waals surface area contributed by atoms with Crippen LogP contribution in [-0.2, 0) is 22.4 Å². The lowest BCUT2D eigenvalue weighted by Gasteiger charge is -2.10. The minimum absolute atomic E-state index is 0.00398. The molecule has 52 heavy (non-hydrogen) atoms. The third-order valence-electron chi connectivity index (χ3n) is 7.77. The second kappa shape index (κ2) is 15.4. The van der Waals surface area contributed by atoms with E-state index < -0.39 is 43.7 Å². The Kier molecular flexibility index (Phi) is 10.6. The van der Waals surface area contributed by atoms with Crippen LogP contribution in [0.2, 0.25) is 0 Å². The van der Waals surface area contributed by atoms with Crippen LogP contribution in [0.25, 0.3) is 44.8 Å². The van der Waals surface area contributed by atoms with Crippen molar-refractivity contribution in [2.24, 2.45) is 0 Å². The molecule has 0 aliphatic heterocycles. The summed E-state index contributed by atoms with van der Waals surface area (Å²) in [5.74, 6) is -1.67. The van der Waals surface area contributed by atoms with Crippen LogP contribution in [0.15, 0.2) is 72.8 Å². The Morgan fingerprint density at radius 1 is 0.615 bits per heavy atom. The first-order valence-corrected chi connectivity index (χ1v) is 15.8. The van der Waals surface area contributed by atoms with Crippen LogP contribution in [0.4, 0.5) is 25.0 Å². The minimum Gasteiger partial charge on any atom is -0.426 e. The molecule has 0 fully saturated rings. The van der Waals surface area contributed by atoms with Gasteiger partial charge in [-0.2, -0.15) is 0 Å². The number of urea groups is 1. The highest BCUT2D eigenvalue weighted by molar-refractivity contribution is 6.41. The number of imidazole rings is 2. The van der Waals surface area contributed by atoms with Gasteiger partial charge in [0.2, 0.25) is 11.8 Å². The van der Waals surface area contributed by atoms with Crippen LogP contribution in [-0.4, -0.2) is 85.0 Å². The van der Waals surface area contributed by atoms with Gasteiger partial charge in [-0.05, 0) is 71.8 Å². The monoisotopic (exact) mass is 710 g/mol. The number of carbonyl (C=O) groups excluding carboxylic acids is 3. The van der Waals surface area contributed by atoms with E-state index in [1.807, 2.05) is 0 Å². The Hall–Kier alpha value is -6.14. The summed E-state index contributed by atoms with van der Waals surface area (Å²) in [5, 5.41) is 45.2. The number of carbonyl (C=O) groups is 3. The highest BCUT2D eigenvalue weighted by atomic mass is 19.1. The molecule has 0 atom stereocenters. The van der Waals surface area contributed by atoms with Crippen molar-refractivity contribution >= 4 is 65.5 Å². The number of fused-ring (bicyclic) bond motifs is 2. The molecule has 0 saturated heterocycles. The number of H-pyrrole nitrogens is 2. The van der Waals surface area contributed by atoms with Crippen molar-refractivity contribution in [2.45, 2.75) is 12.8 Å². The molecule has 19 heteroatoms. The summed E-state index contributed by atoms with van der Waals surface area (Å²) in [6.07, 6.45) is -0.594. The number of nitrogens with zero attached hydrogens (tertiary/aromatic N) is 2. The number of rotatable bonds is 12. The van der Waals surface area contributed by atoms with Crippen molar-refractivity contribution in [1.29, 1.82) is 0 Å². The predicted molar refractivity (Wildman–Crippen MR) is 189 cm³/mol. The summed E-state index contributed by atoms with van der Waals surface area (Å²) in [5.41, 5.74) is 4.01. The van der Waals surface area contributed by atoms with Gasteiger partial charge in [-0.3, -0.25) is 9.59 Å². The third kappa shape index (κ3) is 8.77. The molecule has 10 N–H and O–H groups in total. The highest BCUT2D eigenvalue weighted by Gasteiger charge is 2.16. The number of nitrogens with one attached hydrogen (secondary N) is 6. The number of benzene rings is 4. The van der Waals surface area contributed by atoms with Gasteiger partial charge in [0.1, 0.15) is 23.3 Å². The molecule has 264 valence electrons. The minimum atomic E-state index is -1.65. The Morgan fingerprint density at radius 3 is 1.42 bits per heavy atom. The molecule has 0 radical (unpaired) electrons. The first-order chi connectivity index (χ1) is 24.9. The van der Waals surface area contributed by atoms with Crippen molar-refractivity contribution in [3.63, 3.8) is 0 Å². The topological polar surface area (TPSA) is 238 Å². The molecule has 0 saturated carbocycles. The summed E-state index contributed by atoms with van der Waals surface area (Å²) in [4.78, 5) is 51.8. The standard InChI is InChI=1S/C33H30B2F2N8O7/c36-21-13-19(31-40-25-5-1-17(9-27(25)42-31)11-29(46)38-15-34(49)50)3-7-23(21)44-33(48)45-24-8-4-20(14-22(24)37)32-41-26-6-2-18(10-28(26)43-32)12-30(47)39-16-35(51)52/h1-10,13-14,49-52H,11-12,15-16H2,(H,38,46)(H,39,47)(H,40,42)(H,41,43)(H2,44,45,48). The van der Waals surface area contributed by atoms with Gasteiger partial charge in [-0.1, -0.05) is 12.1 Å². The Balaban J connectivity index is 1.08. The molecule has 0 spiro atoms. The maximum Gasteiger partial charge on any atom is 0.472 e. The van der Waals surface area contributed by atoms with Gasteiger partial charge in [0.15, 0.2) is 0 Å². The van der Waals surface area contributed by atoms with Gasteiger partial charge in [0.05, 0.1) is 59.2 Å². The fraction of sp³-hybridized carbons (Fsp3) is 0.121. The number of anilines is 2. The van der Waals surface area contributed by atoms with Crippen LogP contribution in [0, 0.1) is 11.6 Å². The molecular formula is C33H30B2F2N8O7. The third-order valence-corrected chi connectivity index (χ3v) is 7.77. The largest absolute Gasteiger partial charge is 0.472 e. The number of aromatic nitrogens is 4. The van der Waals surface area contributed by atoms with Gasteiger partial charge >= 0.3 is 20.3 Å². The first-order valence-electron chi connectivity index (χ1n) is 15.8. The van der Waals surface area contributed by atoms with Crippen molar-refractivity contribution in [3.05, 3.63) is 95.6 Å². The van der Waals surface area contributed by atoms with Gasteiger partial charge in [-0.15, -0.1) is 0 Å². The second-order valence-corrected chi connectivity index (χ2v) is 11.8. The van der Waals surface area contributed by atoms with E-state index in [1.54, 1.807) is 36.4 Å². The Labute approximate surface area is 293 Å². The number of halogens is 2. The van der Waals surface area contributed by atoms with Gasteiger partial charge in [-0.25, -0.2) is 23.5 Å². The zero-order valence-corrected chi connectivity index (χ0v) is 27.1. The van der Waals surface area contributed by atoms with Gasteiger partial charge in [0.25, 0.3) is 0 Å². The molecule has 0 aliphatic rings. The fourth-order valence-corrected chi connectivity index (χ4v) is 5.32. The highest BCUT2D eigenvalue weighted by Crippen LogP contribution is 2.27. The van der Waals surface area contributed by atoms with E-state index in [4.69, 9.17) is 20.1 Å². The zero-order chi connectivity index (χ0) is 36.9. The smallest absolute Gasteiger partial charge is 0.426 e.